The summed E-state index contributed by atoms with van der Waals surface area (Å²) in [6.07, 6.45) is -0.0884. The standard InChI is InChI=1S/C15H25F3N2O2/c1-11(2)20(10-15(16,17)18)14(21)9-19-7-8-22-13-6-4-3-5-12(13)19/h11-13H,3-10H2,1-2H3/t12-,13-/m0/s1. The predicted octanol–water partition coefficient (Wildman–Crippen LogP) is 2.43. The number of ether oxygens (including phenoxy) is 1. The lowest BCUT2D eigenvalue weighted by Gasteiger charge is -2.44. The van der Waals surface area contributed by atoms with Crippen molar-refractivity contribution in [2.24, 2.45) is 0 Å². The highest BCUT2D eigenvalue weighted by Crippen LogP contribution is 2.28. The molecule has 1 amide bonds. The third-order valence-electron chi connectivity index (χ3n) is 4.48. The molecule has 0 radical (unpaired) electrons. The zero-order valence-corrected chi connectivity index (χ0v) is 13.2. The van der Waals surface area contributed by atoms with Crippen LogP contribution >= 0.6 is 0 Å². The Morgan fingerprint density at radius 1 is 1.32 bits per heavy atom. The first-order valence-corrected chi connectivity index (χ1v) is 8.00. The van der Waals surface area contributed by atoms with Crippen LogP contribution in [0.5, 0.6) is 0 Å². The van der Waals surface area contributed by atoms with Crippen LogP contribution in [0, 0.1) is 0 Å². The van der Waals surface area contributed by atoms with Gasteiger partial charge in [0.1, 0.15) is 6.54 Å². The van der Waals surface area contributed by atoms with Crippen LogP contribution in [-0.4, -0.2) is 66.3 Å². The highest BCUT2D eigenvalue weighted by atomic mass is 19.4. The van der Waals surface area contributed by atoms with Crippen LogP contribution in [0.1, 0.15) is 39.5 Å². The summed E-state index contributed by atoms with van der Waals surface area (Å²) in [7, 11) is 0. The van der Waals surface area contributed by atoms with Crippen LogP contribution < -0.4 is 0 Å². The normalized spacial score (nSPS) is 26.8. The van der Waals surface area contributed by atoms with E-state index in [1.165, 1.54) is 0 Å². The largest absolute Gasteiger partial charge is 0.406 e. The van der Waals surface area contributed by atoms with Gasteiger partial charge in [0.2, 0.25) is 5.91 Å². The number of hydrogen-bond donors (Lipinski definition) is 0. The fourth-order valence-corrected chi connectivity index (χ4v) is 3.39. The smallest absolute Gasteiger partial charge is 0.375 e. The molecule has 1 saturated heterocycles. The topological polar surface area (TPSA) is 32.8 Å². The minimum atomic E-state index is -4.36. The van der Waals surface area contributed by atoms with Crippen molar-refractivity contribution < 1.29 is 22.7 Å². The van der Waals surface area contributed by atoms with Crippen LogP contribution in [0.2, 0.25) is 0 Å². The second-order valence-corrected chi connectivity index (χ2v) is 6.46. The molecule has 2 aliphatic rings. The van der Waals surface area contributed by atoms with E-state index in [-0.39, 0.29) is 18.7 Å². The summed E-state index contributed by atoms with van der Waals surface area (Å²) in [4.78, 5) is 15.3. The van der Waals surface area contributed by atoms with Crippen molar-refractivity contribution in [1.82, 2.24) is 9.80 Å². The van der Waals surface area contributed by atoms with Crippen LogP contribution in [0.25, 0.3) is 0 Å². The second-order valence-electron chi connectivity index (χ2n) is 6.46. The maximum atomic E-state index is 12.6. The highest BCUT2D eigenvalue weighted by molar-refractivity contribution is 5.78. The van der Waals surface area contributed by atoms with Gasteiger partial charge in [0.15, 0.2) is 0 Å². The van der Waals surface area contributed by atoms with Crippen LogP contribution in [0.4, 0.5) is 13.2 Å². The number of carbonyl (C=O) groups is 1. The Balaban J connectivity index is 1.99. The van der Waals surface area contributed by atoms with Gasteiger partial charge in [-0.3, -0.25) is 9.69 Å². The Bertz CT molecular complexity index is 385. The van der Waals surface area contributed by atoms with E-state index in [9.17, 15) is 18.0 Å². The SMILES string of the molecule is CC(C)N(CC(F)(F)F)C(=O)CN1CCO[C@H]2CCCC[C@@H]21. The first-order chi connectivity index (χ1) is 10.3. The van der Waals surface area contributed by atoms with Crippen molar-refractivity contribution in [3.63, 3.8) is 0 Å². The van der Waals surface area contributed by atoms with Gasteiger partial charge in [0.05, 0.1) is 19.3 Å². The Morgan fingerprint density at radius 2 is 2.00 bits per heavy atom. The molecule has 4 nitrogen and oxygen atoms in total. The molecule has 2 fully saturated rings. The maximum absolute atomic E-state index is 12.6. The number of alkyl halides is 3. The summed E-state index contributed by atoms with van der Waals surface area (Å²) < 4.78 is 43.7. The van der Waals surface area contributed by atoms with E-state index in [1.807, 2.05) is 4.90 Å². The Kier molecular flexibility index (Phi) is 5.71. The molecule has 1 heterocycles. The Hall–Kier alpha value is -0.820. The van der Waals surface area contributed by atoms with Gasteiger partial charge < -0.3 is 9.64 Å². The van der Waals surface area contributed by atoms with E-state index >= 15 is 0 Å². The molecule has 0 N–H and O–H groups in total. The third kappa shape index (κ3) is 4.59. The van der Waals surface area contributed by atoms with Gasteiger partial charge in [-0.05, 0) is 26.7 Å². The molecular formula is C15H25F3N2O2. The van der Waals surface area contributed by atoms with Gasteiger partial charge in [-0.1, -0.05) is 12.8 Å². The highest BCUT2D eigenvalue weighted by Gasteiger charge is 2.38. The summed E-state index contributed by atoms with van der Waals surface area (Å²) in [6.45, 7) is 3.28. The van der Waals surface area contributed by atoms with Crippen molar-refractivity contribution in [2.45, 2.75) is 63.9 Å². The van der Waals surface area contributed by atoms with Crippen LogP contribution in [0.3, 0.4) is 0 Å². The lowest BCUT2D eigenvalue weighted by atomic mass is 9.90. The zero-order chi connectivity index (χ0) is 16.3. The van der Waals surface area contributed by atoms with Gasteiger partial charge in [0, 0.05) is 18.6 Å². The number of carbonyl (C=O) groups excluding carboxylic acids is 1. The quantitative estimate of drug-likeness (QED) is 0.797. The van der Waals surface area contributed by atoms with Crippen LogP contribution in [-0.2, 0) is 9.53 Å². The minimum Gasteiger partial charge on any atom is -0.375 e. The average molecular weight is 322 g/mol. The molecule has 128 valence electrons. The molecule has 22 heavy (non-hydrogen) atoms. The molecule has 2 rings (SSSR count). The lowest BCUT2D eigenvalue weighted by Crippen LogP contribution is -2.56. The molecule has 2 atom stereocenters. The molecule has 7 heteroatoms. The molecule has 1 aliphatic heterocycles. The Morgan fingerprint density at radius 3 is 2.64 bits per heavy atom. The summed E-state index contributed by atoms with van der Waals surface area (Å²) in [5.74, 6) is -0.446. The summed E-state index contributed by atoms with van der Waals surface area (Å²) in [6, 6.07) is -0.288. The van der Waals surface area contributed by atoms with Gasteiger partial charge >= 0.3 is 6.18 Å². The van der Waals surface area contributed by atoms with Crippen molar-refractivity contribution in [3.05, 3.63) is 0 Å². The summed E-state index contributed by atoms with van der Waals surface area (Å²) in [5.41, 5.74) is 0. The number of hydrogen-bond acceptors (Lipinski definition) is 3. The lowest BCUT2D eigenvalue weighted by molar-refractivity contribution is -0.167. The van der Waals surface area contributed by atoms with Gasteiger partial charge in [-0.15, -0.1) is 0 Å². The summed E-state index contributed by atoms with van der Waals surface area (Å²) >= 11 is 0. The third-order valence-corrected chi connectivity index (χ3v) is 4.48. The molecule has 0 aromatic heterocycles. The number of nitrogens with zero attached hydrogens (tertiary/aromatic N) is 2. The maximum Gasteiger partial charge on any atom is 0.406 e. The number of morpholine rings is 1. The van der Waals surface area contributed by atoms with Gasteiger partial charge in [0.25, 0.3) is 0 Å². The molecule has 0 aromatic carbocycles. The van der Waals surface area contributed by atoms with Crippen molar-refractivity contribution in [2.75, 3.05) is 26.2 Å². The van der Waals surface area contributed by atoms with Gasteiger partial charge in [-0.25, -0.2) is 0 Å². The second kappa shape index (κ2) is 7.17. The molecule has 0 aromatic rings. The van der Waals surface area contributed by atoms with Crippen LogP contribution in [0.15, 0.2) is 0 Å². The molecule has 0 spiro atoms. The minimum absolute atomic E-state index is 0.0544. The molecule has 1 aliphatic carbocycles. The number of halogens is 3. The zero-order valence-electron chi connectivity index (χ0n) is 13.2. The van der Waals surface area contributed by atoms with E-state index in [0.29, 0.717) is 13.2 Å². The van der Waals surface area contributed by atoms with Crippen molar-refractivity contribution >= 4 is 5.91 Å². The fourth-order valence-electron chi connectivity index (χ4n) is 3.39. The van der Waals surface area contributed by atoms with Crippen molar-refractivity contribution in [1.29, 1.82) is 0 Å². The van der Waals surface area contributed by atoms with E-state index in [1.54, 1.807) is 13.8 Å². The predicted molar refractivity (Wildman–Crippen MR) is 76.5 cm³/mol. The first kappa shape index (κ1) is 17.5. The van der Waals surface area contributed by atoms with E-state index in [2.05, 4.69) is 0 Å². The monoisotopic (exact) mass is 322 g/mol. The number of rotatable bonds is 4. The molecule has 0 bridgehead atoms. The van der Waals surface area contributed by atoms with Crippen molar-refractivity contribution in [3.8, 4) is 0 Å². The molecular weight excluding hydrogens is 297 g/mol. The average Bonchev–Trinajstić information content (AvgIpc) is 2.44. The molecule has 1 saturated carbocycles. The van der Waals surface area contributed by atoms with E-state index < -0.39 is 24.7 Å². The number of amides is 1. The first-order valence-electron chi connectivity index (χ1n) is 8.00. The fraction of sp³-hybridized carbons (Fsp3) is 0.933. The summed E-state index contributed by atoms with van der Waals surface area (Å²) in [5, 5.41) is 0. The van der Waals surface area contributed by atoms with E-state index in [0.717, 1.165) is 30.6 Å². The molecule has 0 unspecified atom stereocenters. The Labute approximate surface area is 129 Å². The van der Waals surface area contributed by atoms with E-state index in [4.69, 9.17) is 4.74 Å². The van der Waals surface area contributed by atoms with Gasteiger partial charge in [-0.2, -0.15) is 13.2 Å². The number of fused-ring (bicyclic) bond motifs is 1.